The summed E-state index contributed by atoms with van der Waals surface area (Å²) in [6.45, 7) is 0.292. The van der Waals surface area contributed by atoms with E-state index >= 15 is 0 Å². The smallest absolute Gasteiger partial charge is 0.138 e. The molecule has 2 rings (SSSR count). The van der Waals surface area contributed by atoms with Crippen molar-refractivity contribution in [2.75, 3.05) is 13.7 Å². The standard InChI is InChI=1S/C9H14BO5P/c1-13-7-6-8(10)15-9(7,5-14-6)3-4-16(2,11)12/h3-4,6-8,11-12H,2,5H2,1H3/b4-3+/t6-,7?,8+,9-/m0/s1. The van der Waals surface area contributed by atoms with E-state index in [1.54, 1.807) is 7.11 Å². The maximum Gasteiger partial charge on any atom is 0.138 e. The third-order valence-corrected chi connectivity index (χ3v) is 3.44. The first-order valence-electron chi connectivity index (χ1n) is 4.85. The lowest BCUT2D eigenvalue weighted by atomic mass is 9.92. The average molecular weight is 244 g/mol. The molecule has 88 valence electrons. The molecule has 0 spiro atoms. The second-order valence-electron chi connectivity index (χ2n) is 4.07. The van der Waals surface area contributed by atoms with Crippen molar-refractivity contribution in [3.63, 3.8) is 0 Å². The van der Waals surface area contributed by atoms with Gasteiger partial charge in [-0.1, -0.05) is 0 Å². The summed E-state index contributed by atoms with van der Waals surface area (Å²) in [5.41, 5.74) is -0.826. The van der Waals surface area contributed by atoms with Gasteiger partial charge in [0, 0.05) is 13.1 Å². The largest absolute Gasteiger partial charge is 0.375 e. The van der Waals surface area contributed by atoms with Crippen LogP contribution in [0.15, 0.2) is 11.9 Å². The lowest BCUT2D eigenvalue weighted by molar-refractivity contribution is -0.0931. The van der Waals surface area contributed by atoms with Crippen molar-refractivity contribution in [3.8, 4) is 0 Å². The van der Waals surface area contributed by atoms with Gasteiger partial charge in [-0.2, -0.15) is 0 Å². The summed E-state index contributed by atoms with van der Waals surface area (Å²) in [4.78, 5) is 18.5. The Morgan fingerprint density at radius 3 is 2.81 bits per heavy atom. The number of ether oxygens (including phenoxy) is 3. The third kappa shape index (κ3) is 2.01. The Labute approximate surface area is 95.6 Å². The molecule has 2 radical (unpaired) electrons. The molecule has 2 aliphatic heterocycles. The Kier molecular flexibility index (Phi) is 3.08. The minimum absolute atomic E-state index is 0.292. The molecular weight excluding hydrogens is 230 g/mol. The van der Waals surface area contributed by atoms with Crippen LogP contribution in [-0.4, -0.2) is 61.5 Å². The van der Waals surface area contributed by atoms with Crippen molar-refractivity contribution in [3.05, 3.63) is 11.9 Å². The maximum atomic E-state index is 9.23. The van der Waals surface area contributed by atoms with E-state index in [9.17, 15) is 9.79 Å². The van der Waals surface area contributed by atoms with E-state index in [1.165, 1.54) is 11.9 Å². The van der Waals surface area contributed by atoms with Crippen molar-refractivity contribution >= 4 is 21.5 Å². The van der Waals surface area contributed by atoms with Gasteiger partial charge in [-0.3, -0.25) is 0 Å². The summed E-state index contributed by atoms with van der Waals surface area (Å²) in [5.74, 6) is 1.24. The Bertz CT molecular complexity index is 354. The van der Waals surface area contributed by atoms with Gasteiger partial charge in [0.05, 0.1) is 6.61 Å². The van der Waals surface area contributed by atoms with Gasteiger partial charge in [0.1, 0.15) is 33.0 Å². The SMILES string of the molecule is [B][C@@H]1O[C@@]2(/C=C/P(=C)(O)O)CO[C@H]1C2OC. The molecule has 4 atom stereocenters. The van der Waals surface area contributed by atoms with E-state index in [-0.39, 0.29) is 12.2 Å². The summed E-state index contributed by atoms with van der Waals surface area (Å²) in [5, 5.41) is 0. The van der Waals surface area contributed by atoms with Gasteiger partial charge in [0.15, 0.2) is 0 Å². The molecule has 0 aromatic rings. The fourth-order valence-corrected chi connectivity index (χ4v) is 2.62. The highest BCUT2D eigenvalue weighted by Crippen LogP contribution is 2.44. The van der Waals surface area contributed by atoms with Crippen molar-refractivity contribution in [1.82, 2.24) is 0 Å². The highest BCUT2D eigenvalue weighted by Gasteiger charge is 2.58. The predicted molar refractivity (Wildman–Crippen MR) is 61.5 cm³/mol. The zero-order valence-corrected chi connectivity index (χ0v) is 9.84. The molecular formula is C9H14BO5P. The number of rotatable bonds is 3. The summed E-state index contributed by atoms with van der Waals surface area (Å²) < 4.78 is 16.3. The highest BCUT2D eigenvalue weighted by molar-refractivity contribution is 7.65. The molecule has 0 aliphatic carbocycles. The van der Waals surface area contributed by atoms with Crippen LogP contribution in [0, 0.1) is 0 Å². The molecule has 2 bridgehead atoms. The lowest BCUT2D eigenvalue weighted by Crippen LogP contribution is -2.39. The monoisotopic (exact) mass is 244 g/mol. The van der Waals surface area contributed by atoms with Crippen LogP contribution in [0.4, 0.5) is 0 Å². The Balaban J connectivity index is 2.24. The lowest BCUT2D eigenvalue weighted by Gasteiger charge is -2.27. The first kappa shape index (κ1) is 12.4. The highest BCUT2D eigenvalue weighted by atomic mass is 31.2. The van der Waals surface area contributed by atoms with Crippen LogP contribution in [0.25, 0.3) is 0 Å². The molecule has 0 amide bonds. The van der Waals surface area contributed by atoms with E-state index in [2.05, 4.69) is 6.30 Å². The minimum atomic E-state index is -3.22. The molecule has 5 nitrogen and oxygen atoms in total. The van der Waals surface area contributed by atoms with Crippen LogP contribution in [0.3, 0.4) is 0 Å². The Morgan fingerprint density at radius 1 is 1.62 bits per heavy atom. The average Bonchev–Trinajstić information content (AvgIpc) is 2.65. The number of hydrogen-bond donors (Lipinski definition) is 2. The summed E-state index contributed by atoms with van der Waals surface area (Å²) in [7, 11) is 4.04. The van der Waals surface area contributed by atoms with Crippen LogP contribution < -0.4 is 0 Å². The van der Waals surface area contributed by atoms with Gasteiger partial charge in [-0.05, 0) is 18.2 Å². The Morgan fingerprint density at radius 2 is 2.31 bits per heavy atom. The first-order valence-corrected chi connectivity index (χ1v) is 6.80. The van der Waals surface area contributed by atoms with Crippen LogP contribution in [0.5, 0.6) is 0 Å². The van der Waals surface area contributed by atoms with Gasteiger partial charge >= 0.3 is 0 Å². The minimum Gasteiger partial charge on any atom is -0.375 e. The molecule has 2 fully saturated rings. The van der Waals surface area contributed by atoms with Crippen molar-refractivity contribution in [2.45, 2.75) is 23.8 Å². The van der Waals surface area contributed by atoms with Crippen LogP contribution >= 0.6 is 7.34 Å². The second-order valence-corrected chi connectivity index (χ2v) is 5.94. The topological polar surface area (TPSA) is 68.2 Å². The molecule has 1 unspecified atom stereocenters. The molecule has 0 aromatic heterocycles. The van der Waals surface area contributed by atoms with Crippen molar-refractivity contribution in [1.29, 1.82) is 0 Å². The van der Waals surface area contributed by atoms with Crippen molar-refractivity contribution in [2.24, 2.45) is 0 Å². The van der Waals surface area contributed by atoms with Gasteiger partial charge in [-0.15, -0.1) is 0 Å². The van der Waals surface area contributed by atoms with Crippen LogP contribution in [-0.2, 0) is 14.2 Å². The molecule has 2 saturated heterocycles. The maximum absolute atomic E-state index is 9.23. The summed E-state index contributed by atoms with van der Waals surface area (Å²) >= 11 is 0. The molecule has 2 heterocycles. The van der Waals surface area contributed by atoms with Gasteiger partial charge in [0.25, 0.3) is 0 Å². The molecule has 0 saturated carbocycles. The van der Waals surface area contributed by atoms with Gasteiger partial charge in [0.2, 0.25) is 0 Å². The van der Waals surface area contributed by atoms with E-state index < -0.39 is 18.9 Å². The Hall–Kier alpha value is -0.0951. The molecule has 7 heteroatoms. The van der Waals surface area contributed by atoms with E-state index in [0.717, 1.165) is 0 Å². The number of fused-ring (bicyclic) bond motifs is 2. The van der Waals surface area contributed by atoms with Crippen LogP contribution in [0.2, 0.25) is 0 Å². The molecule has 2 aliphatic rings. The zero-order valence-electron chi connectivity index (χ0n) is 8.94. The second kappa shape index (κ2) is 3.98. The summed E-state index contributed by atoms with van der Waals surface area (Å²) in [6.07, 6.45) is 4.14. The predicted octanol–water partition coefficient (Wildman–Crippen LogP) is -0.558. The normalized spacial score (nSPS) is 43.3. The number of methoxy groups -OCH3 is 1. The van der Waals surface area contributed by atoms with E-state index in [1.807, 2.05) is 0 Å². The fourth-order valence-electron chi connectivity index (χ4n) is 2.12. The summed E-state index contributed by atoms with van der Waals surface area (Å²) in [6, 6.07) is -0.557. The molecule has 16 heavy (non-hydrogen) atoms. The van der Waals surface area contributed by atoms with Gasteiger partial charge < -0.3 is 24.0 Å². The van der Waals surface area contributed by atoms with Gasteiger partial charge in [-0.25, -0.2) is 0 Å². The number of hydrogen-bond acceptors (Lipinski definition) is 5. The fraction of sp³-hybridized carbons (Fsp3) is 0.667. The van der Waals surface area contributed by atoms with Crippen molar-refractivity contribution < 1.29 is 24.0 Å². The first-order chi connectivity index (χ1) is 7.38. The molecule has 0 aromatic carbocycles. The van der Waals surface area contributed by atoms with E-state index in [4.69, 9.17) is 22.1 Å². The zero-order chi connectivity index (χ0) is 12.0. The third-order valence-electron chi connectivity index (χ3n) is 2.81. The van der Waals surface area contributed by atoms with E-state index in [0.29, 0.717) is 6.61 Å². The quantitative estimate of drug-likeness (QED) is 0.514. The molecule has 2 N–H and O–H groups in total. The van der Waals surface area contributed by atoms with Crippen LogP contribution in [0.1, 0.15) is 0 Å².